The quantitative estimate of drug-likeness (QED) is 0.806. The molecule has 0 heterocycles. The smallest absolute Gasteiger partial charge is 0.115 e. The number of halogens is 1. The Labute approximate surface area is 96.7 Å². The standard InChI is InChI=1S/C12H10BrNO/c13-11-3-1-2-4-12(11)14-9-5-7-10(15)8-6-9/h1-8,14-15H. The number of hydrogen-bond donors (Lipinski definition) is 2. The minimum Gasteiger partial charge on any atom is -0.508 e. The van der Waals surface area contributed by atoms with Gasteiger partial charge in [-0.25, -0.2) is 0 Å². The molecule has 0 aliphatic carbocycles. The maximum absolute atomic E-state index is 9.14. The molecule has 0 amide bonds. The van der Waals surface area contributed by atoms with Gasteiger partial charge in [-0.2, -0.15) is 0 Å². The summed E-state index contributed by atoms with van der Waals surface area (Å²) in [6, 6.07) is 14.8. The van der Waals surface area contributed by atoms with Crippen molar-refractivity contribution in [2.24, 2.45) is 0 Å². The third-order valence-electron chi connectivity index (χ3n) is 2.02. The van der Waals surface area contributed by atoms with E-state index in [9.17, 15) is 0 Å². The zero-order valence-electron chi connectivity index (χ0n) is 7.94. The largest absolute Gasteiger partial charge is 0.508 e. The Hall–Kier alpha value is -1.48. The van der Waals surface area contributed by atoms with Crippen molar-refractivity contribution in [2.75, 3.05) is 5.32 Å². The molecule has 0 bridgehead atoms. The Morgan fingerprint density at radius 2 is 1.60 bits per heavy atom. The van der Waals surface area contributed by atoms with Gasteiger partial charge >= 0.3 is 0 Å². The van der Waals surface area contributed by atoms with Gasteiger partial charge in [-0.3, -0.25) is 0 Å². The van der Waals surface area contributed by atoms with E-state index in [1.54, 1.807) is 12.1 Å². The first-order chi connectivity index (χ1) is 7.25. The lowest BCUT2D eigenvalue weighted by atomic mass is 10.2. The van der Waals surface area contributed by atoms with Crippen LogP contribution in [0, 0.1) is 0 Å². The highest BCUT2D eigenvalue weighted by Crippen LogP contribution is 2.25. The normalized spacial score (nSPS) is 9.93. The van der Waals surface area contributed by atoms with E-state index in [2.05, 4.69) is 21.2 Å². The molecule has 3 heteroatoms. The molecule has 0 aliphatic rings. The lowest BCUT2D eigenvalue weighted by molar-refractivity contribution is 0.475. The first kappa shape index (κ1) is 10.1. The molecule has 76 valence electrons. The van der Waals surface area contributed by atoms with Crippen LogP contribution in [0.4, 0.5) is 11.4 Å². The molecule has 0 radical (unpaired) electrons. The summed E-state index contributed by atoms with van der Waals surface area (Å²) < 4.78 is 1.01. The van der Waals surface area contributed by atoms with Crippen LogP contribution in [0.15, 0.2) is 53.0 Å². The van der Waals surface area contributed by atoms with Gasteiger partial charge in [0.05, 0.1) is 5.69 Å². The molecule has 0 fully saturated rings. The molecule has 2 aromatic rings. The molecule has 0 unspecified atom stereocenters. The minimum atomic E-state index is 0.271. The first-order valence-electron chi connectivity index (χ1n) is 4.56. The molecule has 2 rings (SSSR count). The second-order valence-electron chi connectivity index (χ2n) is 3.15. The van der Waals surface area contributed by atoms with Crippen LogP contribution in [-0.2, 0) is 0 Å². The fourth-order valence-corrected chi connectivity index (χ4v) is 1.65. The van der Waals surface area contributed by atoms with E-state index < -0.39 is 0 Å². The summed E-state index contributed by atoms with van der Waals surface area (Å²) in [7, 11) is 0. The molecular weight excluding hydrogens is 254 g/mol. The number of nitrogens with one attached hydrogen (secondary N) is 1. The van der Waals surface area contributed by atoms with Crippen LogP contribution in [0.25, 0.3) is 0 Å². The summed E-state index contributed by atoms with van der Waals surface area (Å²) in [5.41, 5.74) is 1.95. The van der Waals surface area contributed by atoms with Crippen molar-refractivity contribution in [3.05, 3.63) is 53.0 Å². The molecule has 0 aromatic heterocycles. The molecule has 15 heavy (non-hydrogen) atoms. The molecule has 0 saturated heterocycles. The summed E-state index contributed by atoms with van der Waals surface area (Å²) in [6.45, 7) is 0. The molecular formula is C12H10BrNO. The molecule has 2 N–H and O–H groups in total. The van der Waals surface area contributed by atoms with Gasteiger partial charge in [0.2, 0.25) is 0 Å². The van der Waals surface area contributed by atoms with E-state index in [0.29, 0.717) is 0 Å². The van der Waals surface area contributed by atoms with E-state index >= 15 is 0 Å². The van der Waals surface area contributed by atoms with E-state index in [0.717, 1.165) is 15.8 Å². The summed E-state index contributed by atoms with van der Waals surface area (Å²) in [6.07, 6.45) is 0. The summed E-state index contributed by atoms with van der Waals surface area (Å²) in [4.78, 5) is 0. The zero-order chi connectivity index (χ0) is 10.7. The molecule has 2 aromatic carbocycles. The van der Waals surface area contributed by atoms with Gasteiger partial charge in [0, 0.05) is 10.2 Å². The predicted octanol–water partition coefficient (Wildman–Crippen LogP) is 3.90. The van der Waals surface area contributed by atoms with E-state index in [1.165, 1.54) is 0 Å². The van der Waals surface area contributed by atoms with Gasteiger partial charge in [0.25, 0.3) is 0 Å². The lowest BCUT2D eigenvalue weighted by Crippen LogP contribution is -1.90. The van der Waals surface area contributed by atoms with Gasteiger partial charge in [0.15, 0.2) is 0 Å². The number of anilines is 2. The van der Waals surface area contributed by atoms with Gasteiger partial charge < -0.3 is 10.4 Å². The maximum Gasteiger partial charge on any atom is 0.115 e. The SMILES string of the molecule is Oc1ccc(Nc2ccccc2Br)cc1. The number of benzene rings is 2. The second-order valence-corrected chi connectivity index (χ2v) is 4.01. The summed E-state index contributed by atoms with van der Waals surface area (Å²) in [5.74, 6) is 0.271. The van der Waals surface area contributed by atoms with Gasteiger partial charge in [-0.1, -0.05) is 12.1 Å². The van der Waals surface area contributed by atoms with Crippen LogP contribution in [0.1, 0.15) is 0 Å². The summed E-state index contributed by atoms with van der Waals surface area (Å²) >= 11 is 3.46. The molecule has 2 nitrogen and oxygen atoms in total. The topological polar surface area (TPSA) is 32.3 Å². The van der Waals surface area contributed by atoms with Crippen molar-refractivity contribution in [1.82, 2.24) is 0 Å². The fraction of sp³-hybridized carbons (Fsp3) is 0. The Balaban J connectivity index is 2.22. The zero-order valence-corrected chi connectivity index (χ0v) is 9.53. The Morgan fingerprint density at radius 3 is 2.27 bits per heavy atom. The number of para-hydroxylation sites is 1. The Bertz CT molecular complexity index is 453. The van der Waals surface area contributed by atoms with E-state index in [4.69, 9.17) is 5.11 Å². The number of aromatic hydroxyl groups is 1. The average Bonchev–Trinajstić information content (AvgIpc) is 2.25. The van der Waals surface area contributed by atoms with Crippen molar-refractivity contribution in [3.63, 3.8) is 0 Å². The average molecular weight is 264 g/mol. The van der Waals surface area contributed by atoms with Crippen molar-refractivity contribution in [1.29, 1.82) is 0 Å². The maximum atomic E-state index is 9.14. The van der Waals surface area contributed by atoms with Gasteiger partial charge in [-0.05, 0) is 52.3 Å². The number of rotatable bonds is 2. The van der Waals surface area contributed by atoms with E-state index in [-0.39, 0.29) is 5.75 Å². The first-order valence-corrected chi connectivity index (χ1v) is 5.35. The number of phenols is 1. The van der Waals surface area contributed by atoms with Crippen LogP contribution in [0.2, 0.25) is 0 Å². The van der Waals surface area contributed by atoms with Crippen molar-refractivity contribution >= 4 is 27.3 Å². The van der Waals surface area contributed by atoms with Gasteiger partial charge in [-0.15, -0.1) is 0 Å². The van der Waals surface area contributed by atoms with Crippen LogP contribution in [0.3, 0.4) is 0 Å². The highest BCUT2D eigenvalue weighted by molar-refractivity contribution is 9.10. The number of hydrogen-bond acceptors (Lipinski definition) is 2. The lowest BCUT2D eigenvalue weighted by Gasteiger charge is -2.07. The van der Waals surface area contributed by atoms with Crippen molar-refractivity contribution in [3.8, 4) is 5.75 Å². The molecule has 0 atom stereocenters. The monoisotopic (exact) mass is 263 g/mol. The van der Waals surface area contributed by atoms with Gasteiger partial charge in [0.1, 0.15) is 5.75 Å². The predicted molar refractivity (Wildman–Crippen MR) is 65.5 cm³/mol. The van der Waals surface area contributed by atoms with Crippen LogP contribution >= 0.6 is 15.9 Å². The molecule has 0 saturated carbocycles. The summed E-state index contributed by atoms with van der Waals surface area (Å²) in [5, 5.41) is 12.4. The Kier molecular flexibility index (Phi) is 2.92. The fourth-order valence-electron chi connectivity index (χ4n) is 1.26. The third-order valence-corrected chi connectivity index (χ3v) is 2.71. The van der Waals surface area contributed by atoms with Crippen molar-refractivity contribution < 1.29 is 5.11 Å². The highest BCUT2D eigenvalue weighted by Gasteiger charge is 1.98. The minimum absolute atomic E-state index is 0.271. The van der Waals surface area contributed by atoms with Crippen LogP contribution in [-0.4, -0.2) is 5.11 Å². The third kappa shape index (κ3) is 2.50. The molecule has 0 aliphatic heterocycles. The highest BCUT2D eigenvalue weighted by atomic mass is 79.9. The van der Waals surface area contributed by atoms with Crippen LogP contribution < -0.4 is 5.32 Å². The van der Waals surface area contributed by atoms with Crippen LogP contribution in [0.5, 0.6) is 5.75 Å². The molecule has 0 spiro atoms. The second kappa shape index (κ2) is 4.36. The van der Waals surface area contributed by atoms with E-state index in [1.807, 2.05) is 36.4 Å². The number of phenolic OH excluding ortho intramolecular Hbond substituents is 1. The Morgan fingerprint density at radius 1 is 0.933 bits per heavy atom. The van der Waals surface area contributed by atoms with Crippen molar-refractivity contribution in [2.45, 2.75) is 0 Å².